The molecule has 0 bridgehead atoms. The standard InChI is InChI=1S/C25H20ClN7S/c1-15-6-9-23(34-15)25(27,22-13-28-14-32(22)2)17-7-8-21-20(11-17)19(12-24-29-30-31-33(21)24)16-4-3-5-18(26)10-16/h3-14H,27H2,1-2H3. The van der Waals surface area contributed by atoms with Gasteiger partial charge in [-0.3, -0.25) is 0 Å². The lowest BCUT2D eigenvalue weighted by atomic mass is 9.84. The summed E-state index contributed by atoms with van der Waals surface area (Å²) in [6, 6.07) is 20.2. The van der Waals surface area contributed by atoms with Crippen molar-refractivity contribution in [1.82, 2.24) is 29.6 Å². The van der Waals surface area contributed by atoms with E-state index in [9.17, 15) is 0 Å². The molecule has 1 unspecified atom stereocenters. The third kappa shape index (κ3) is 3.14. The van der Waals surface area contributed by atoms with Gasteiger partial charge in [0, 0.05) is 27.2 Å². The molecule has 4 heterocycles. The minimum atomic E-state index is -0.889. The second-order valence-electron chi connectivity index (χ2n) is 8.36. The molecule has 6 rings (SSSR count). The summed E-state index contributed by atoms with van der Waals surface area (Å²) in [7, 11) is 1.97. The summed E-state index contributed by atoms with van der Waals surface area (Å²) in [6.45, 7) is 2.09. The van der Waals surface area contributed by atoms with Crippen LogP contribution in [0.4, 0.5) is 0 Å². The molecule has 6 aromatic rings. The van der Waals surface area contributed by atoms with Crippen LogP contribution in [0.15, 0.2) is 73.2 Å². The minimum absolute atomic E-state index is 0.662. The van der Waals surface area contributed by atoms with E-state index in [-0.39, 0.29) is 0 Å². The van der Waals surface area contributed by atoms with Crippen LogP contribution in [0.25, 0.3) is 27.7 Å². The van der Waals surface area contributed by atoms with E-state index in [1.54, 1.807) is 22.2 Å². The van der Waals surface area contributed by atoms with E-state index in [0.717, 1.165) is 38.2 Å². The number of halogens is 1. The second-order valence-corrected chi connectivity index (χ2v) is 10.1. The van der Waals surface area contributed by atoms with Crippen LogP contribution in [0.3, 0.4) is 0 Å². The molecule has 2 aromatic carbocycles. The van der Waals surface area contributed by atoms with Crippen LogP contribution in [-0.4, -0.2) is 29.6 Å². The molecular formula is C25H20ClN7S. The molecule has 0 fully saturated rings. The fourth-order valence-electron chi connectivity index (χ4n) is 4.54. The Balaban J connectivity index is 1.69. The van der Waals surface area contributed by atoms with Gasteiger partial charge in [0.15, 0.2) is 5.65 Å². The highest BCUT2D eigenvalue weighted by atomic mass is 35.5. The Kier molecular flexibility index (Phi) is 4.77. The Morgan fingerprint density at radius 3 is 2.68 bits per heavy atom. The Labute approximate surface area is 204 Å². The number of thiophene rings is 1. The van der Waals surface area contributed by atoms with Crippen molar-refractivity contribution in [2.75, 3.05) is 0 Å². The molecule has 0 saturated carbocycles. The lowest BCUT2D eigenvalue weighted by Crippen LogP contribution is -2.40. The highest BCUT2D eigenvalue weighted by molar-refractivity contribution is 7.12. The van der Waals surface area contributed by atoms with Crippen molar-refractivity contribution < 1.29 is 0 Å². The Bertz CT molecular complexity index is 1680. The largest absolute Gasteiger partial charge is 0.335 e. The number of imidazole rings is 1. The van der Waals surface area contributed by atoms with Gasteiger partial charge < -0.3 is 10.3 Å². The summed E-state index contributed by atoms with van der Waals surface area (Å²) < 4.78 is 3.71. The van der Waals surface area contributed by atoms with Crippen molar-refractivity contribution >= 4 is 39.5 Å². The fraction of sp³-hybridized carbons (Fsp3) is 0.120. The molecule has 0 saturated heterocycles. The van der Waals surface area contributed by atoms with E-state index in [2.05, 4.69) is 45.6 Å². The van der Waals surface area contributed by atoms with Crippen LogP contribution < -0.4 is 5.73 Å². The van der Waals surface area contributed by atoms with E-state index >= 15 is 0 Å². The van der Waals surface area contributed by atoms with Gasteiger partial charge in [0.05, 0.1) is 23.7 Å². The van der Waals surface area contributed by atoms with Gasteiger partial charge in [0.25, 0.3) is 0 Å². The molecule has 7 nitrogen and oxygen atoms in total. The van der Waals surface area contributed by atoms with Crippen molar-refractivity contribution in [3.8, 4) is 11.1 Å². The van der Waals surface area contributed by atoms with E-state index in [0.29, 0.717) is 10.7 Å². The predicted molar refractivity (Wildman–Crippen MR) is 135 cm³/mol. The first-order valence-electron chi connectivity index (χ1n) is 10.7. The summed E-state index contributed by atoms with van der Waals surface area (Å²) in [6.07, 6.45) is 3.61. The van der Waals surface area contributed by atoms with E-state index < -0.39 is 5.54 Å². The Morgan fingerprint density at radius 1 is 1.06 bits per heavy atom. The number of rotatable bonds is 4. The van der Waals surface area contributed by atoms with E-state index in [1.807, 2.05) is 60.3 Å². The average molecular weight is 486 g/mol. The van der Waals surface area contributed by atoms with Gasteiger partial charge >= 0.3 is 0 Å². The lowest BCUT2D eigenvalue weighted by molar-refractivity contribution is 0.607. The van der Waals surface area contributed by atoms with Crippen molar-refractivity contribution in [2.24, 2.45) is 12.8 Å². The van der Waals surface area contributed by atoms with Gasteiger partial charge in [0.1, 0.15) is 5.54 Å². The van der Waals surface area contributed by atoms with Crippen LogP contribution in [0.1, 0.15) is 21.0 Å². The van der Waals surface area contributed by atoms with E-state index in [1.165, 1.54) is 4.88 Å². The summed E-state index contributed by atoms with van der Waals surface area (Å²) in [5.74, 6) is 0. The summed E-state index contributed by atoms with van der Waals surface area (Å²) in [4.78, 5) is 6.60. The maximum atomic E-state index is 7.30. The van der Waals surface area contributed by atoms with Crippen LogP contribution in [-0.2, 0) is 12.6 Å². The number of hydrogen-bond donors (Lipinski definition) is 1. The maximum absolute atomic E-state index is 7.30. The molecule has 168 valence electrons. The Morgan fingerprint density at radius 2 is 1.94 bits per heavy atom. The number of fused-ring (bicyclic) bond motifs is 3. The molecule has 9 heteroatoms. The average Bonchev–Trinajstić information content (AvgIpc) is 3.59. The zero-order valence-corrected chi connectivity index (χ0v) is 20.0. The molecule has 0 aliphatic rings. The number of benzene rings is 2. The first kappa shape index (κ1) is 21.0. The van der Waals surface area contributed by atoms with Gasteiger partial charge in [-0.15, -0.1) is 16.4 Å². The van der Waals surface area contributed by atoms with Gasteiger partial charge in [0.2, 0.25) is 0 Å². The smallest absolute Gasteiger partial charge is 0.180 e. The molecular weight excluding hydrogens is 466 g/mol. The molecule has 1 atom stereocenters. The molecule has 0 aliphatic heterocycles. The number of nitrogens with zero attached hydrogens (tertiary/aromatic N) is 6. The number of nitrogens with two attached hydrogens (primary N) is 1. The molecule has 0 aliphatic carbocycles. The second kappa shape index (κ2) is 7.73. The molecule has 34 heavy (non-hydrogen) atoms. The first-order chi connectivity index (χ1) is 16.4. The molecule has 4 aromatic heterocycles. The third-order valence-corrected chi connectivity index (χ3v) is 7.59. The number of tetrazole rings is 1. The first-order valence-corrected chi connectivity index (χ1v) is 11.9. The zero-order chi connectivity index (χ0) is 23.4. The lowest BCUT2D eigenvalue weighted by Gasteiger charge is -2.30. The fourth-order valence-corrected chi connectivity index (χ4v) is 5.73. The molecule has 0 radical (unpaired) electrons. The molecule has 0 spiro atoms. The molecule has 2 N–H and O–H groups in total. The predicted octanol–water partition coefficient (Wildman–Crippen LogP) is 4.95. The van der Waals surface area contributed by atoms with Crippen molar-refractivity contribution in [3.05, 3.63) is 99.2 Å². The normalized spacial score (nSPS) is 13.5. The minimum Gasteiger partial charge on any atom is -0.335 e. The Hall–Kier alpha value is -3.59. The SMILES string of the molecule is Cc1ccc(C(N)(c2ccc3c(c2)c(-c2cccc(Cl)c2)cc2nnnn23)c2cncn2C)s1. The van der Waals surface area contributed by atoms with Crippen molar-refractivity contribution in [3.63, 3.8) is 0 Å². The van der Waals surface area contributed by atoms with Gasteiger partial charge in [-0.1, -0.05) is 29.8 Å². The monoisotopic (exact) mass is 485 g/mol. The summed E-state index contributed by atoms with van der Waals surface area (Å²) in [5.41, 5.74) is 11.8. The van der Waals surface area contributed by atoms with Gasteiger partial charge in [-0.2, -0.15) is 4.52 Å². The van der Waals surface area contributed by atoms with Crippen molar-refractivity contribution in [2.45, 2.75) is 12.5 Å². The topological polar surface area (TPSA) is 86.9 Å². The van der Waals surface area contributed by atoms with Crippen LogP contribution >= 0.6 is 22.9 Å². The van der Waals surface area contributed by atoms with Gasteiger partial charge in [-0.05, 0) is 76.5 Å². The van der Waals surface area contributed by atoms with Crippen LogP contribution in [0, 0.1) is 6.92 Å². The van der Waals surface area contributed by atoms with Gasteiger partial charge in [-0.25, -0.2) is 4.98 Å². The number of pyridine rings is 1. The number of aromatic nitrogens is 6. The molecule has 0 amide bonds. The van der Waals surface area contributed by atoms with Crippen LogP contribution in [0.2, 0.25) is 5.02 Å². The zero-order valence-electron chi connectivity index (χ0n) is 18.5. The summed E-state index contributed by atoms with van der Waals surface area (Å²) in [5, 5.41) is 13.9. The van der Waals surface area contributed by atoms with Crippen LogP contribution in [0.5, 0.6) is 0 Å². The van der Waals surface area contributed by atoms with Crippen molar-refractivity contribution in [1.29, 1.82) is 0 Å². The highest BCUT2D eigenvalue weighted by Crippen LogP contribution is 2.40. The third-order valence-electron chi connectivity index (χ3n) is 6.22. The maximum Gasteiger partial charge on any atom is 0.180 e. The van der Waals surface area contributed by atoms with E-state index in [4.69, 9.17) is 17.3 Å². The quantitative estimate of drug-likeness (QED) is 0.381. The number of hydrogen-bond acceptors (Lipinski definition) is 6. The number of aryl methyl sites for hydroxylation is 2. The highest BCUT2D eigenvalue weighted by Gasteiger charge is 2.36. The summed E-state index contributed by atoms with van der Waals surface area (Å²) >= 11 is 8.03.